The molecule has 1 aromatic rings. The van der Waals surface area contributed by atoms with Crippen molar-refractivity contribution < 1.29 is 9.90 Å². The Kier molecular flexibility index (Phi) is 4.81. The van der Waals surface area contributed by atoms with Crippen LogP contribution in [0.15, 0.2) is 46.0 Å². The highest BCUT2D eigenvalue weighted by Gasteiger charge is 2.22. The van der Waals surface area contributed by atoms with Crippen LogP contribution in [0, 0.1) is 0 Å². The zero-order valence-electron chi connectivity index (χ0n) is 14.6. The highest BCUT2D eigenvalue weighted by molar-refractivity contribution is 6.10. The van der Waals surface area contributed by atoms with Gasteiger partial charge in [0.15, 0.2) is 0 Å². The van der Waals surface area contributed by atoms with Crippen molar-refractivity contribution in [1.82, 2.24) is 15.1 Å². The van der Waals surface area contributed by atoms with Crippen LogP contribution in [0.1, 0.15) is 11.1 Å². The molecule has 3 heterocycles. The molecule has 0 saturated heterocycles. The Morgan fingerprint density at radius 1 is 1.27 bits per heavy atom. The first-order chi connectivity index (χ1) is 12.7. The standard InChI is InChI=1S/C19H23N5O2/c25-16(12-23-7-5-14-3-1-2-4-15(14)11-23)10-21-19(26)17-9-18-20-6-8-24(18)13-22-17/h1-4,9,13,16,25H,5-8,10-12H2,(H,21,26). The fourth-order valence-electron chi connectivity index (χ4n) is 3.51. The number of nitrogens with zero attached hydrogens (tertiary/aromatic N) is 4. The van der Waals surface area contributed by atoms with Gasteiger partial charge in [-0.1, -0.05) is 24.3 Å². The van der Waals surface area contributed by atoms with Crippen molar-refractivity contribution in [1.29, 1.82) is 0 Å². The number of aliphatic hydroxyl groups is 1. The SMILES string of the molecule is O=C(NCC(O)CN1CCc2ccccc2C1)C1=CC2=NCCN2C=N1. The average molecular weight is 353 g/mol. The quantitative estimate of drug-likeness (QED) is 0.790. The maximum atomic E-state index is 12.3. The first-order valence-corrected chi connectivity index (χ1v) is 9.01. The number of fused-ring (bicyclic) bond motifs is 2. The highest BCUT2D eigenvalue weighted by Crippen LogP contribution is 2.18. The highest BCUT2D eigenvalue weighted by atomic mass is 16.3. The summed E-state index contributed by atoms with van der Waals surface area (Å²) in [5, 5.41) is 13.1. The van der Waals surface area contributed by atoms with Gasteiger partial charge in [0.05, 0.1) is 19.0 Å². The minimum Gasteiger partial charge on any atom is -0.390 e. The molecule has 4 rings (SSSR count). The molecule has 0 aliphatic carbocycles. The minimum absolute atomic E-state index is 0.208. The van der Waals surface area contributed by atoms with Crippen molar-refractivity contribution >= 4 is 18.1 Å². The molecular weight excluding hydrogens is 330 g/mol. The molecule has 1 atom stereocenters. The van der Waals surface area contributed by atoms with Crippen LogP contribution >= 0.6 is 0 Å². The lowest BCUT2D eigenvalue weighted by molar-refractivity contribution is -0.118. The van der Waals surface area contributed by atoms with E-state index in [-0.39, 0.29) is 12.5 Å². The first-order valence-electron chi connectivity index (χ1n) is 9.01. The van der Waals surface area contributed by atoms with Crippen LogP contribution in [-0.4, -0.2) is 71.8 Å². The molecule has 2 N–H and O–H groups in total. The van der Waals surface area contributed by atoms with E-state index in [0.29, 0.717) is 12.2 Å². The molecule has 0 bridgehead atoms. The summed E-state index contributed by atoms with van der Waals surface area (Å²) in [5.41, 5.74) is 3.04. The average Bonchev–Trinajstić information content (AvgIpc) is 3.14. The molecule has 26 heavy (non-hydrogen) atoms. The fourth-order valence-corrected chi connectivity index (χ4v) is 3.51. The monoisotopic (exact) mass is 353 g/mol. The number of carbonyl (C=O) groups is 1. The fraction of sp³-hybridized carbons (Fsp3) is 0.421. The van der Waals surface area contributed by atoms with Crippen molar-refractivity contribution in [2.45, 2.75) is 19.1 Å². The summed E-state index contributed by atoms with van der Waals surface area (Å²) in [6.07, 6.45) is 3.71. The van der Waals surface area contributed by atoms with E-state index in [2.05, 4.69) is 38.4 Å². The number of hydrogen-bond donors (Lipinski definition) is 2. The van der Waals surface area contributed by atoms with E-state index < -0.39 is 6.10 Å². The van der Waals surface area contributed by atoms with Crippen molar-refractivity contribution in [3.8, 4) is 0 Å². The van der Waals surface area contributed by atoms with Gasteiger partial charge in [0.2, 0.25) is 0 Å². The van der Waals surface area contributed by atoms with Crippen LogP contribution in [0.25, 0.3) is 0 Å². The predicted molar refractivity (Wildman–Crippen MR) is 100 cm³/mol. The van der Waals surface area contributed by atoms with Gasteiger partial charge < -0.3 is 15.3 Å². The number of amidine groups is 1. The van der Waals surface area contributed by atoms with E-state index in [1.807, 2.05) is 11.0 Å². The van der Waals surface area contributed by atoms with E-state index in [4.69, 9.17) is 0 Å². The van der Waals surface area contributed by atoms with Crippen LogP contribution in [0.2, 0.25) is 0 Å². The van der Waals surface area contributed by atoms with Crippen LogP contribution in [0.3, 0.4) is 0 Å². The van der Waals surface area contributed by atoms with E-state index in [1.165, 1.54) is 11.1 Å². The van der Waals surface area contributed by atoms with Crippen molar-refractivity contribution in [3.63, 3.8) is 0 Å². The second-order valence-electron chi connectivity index (χ2n) is 6.83. The number of aliphatic hydroxyl groups excluding tert-OH is 1. The summed E-state index contributed by atoms with van der Waals surface area (Å²) in [6, 6.07) is 8.42. The third kappa shape index (κ3) is 3.68. The Hall–Kier alpha value is -2.51. The summed E-state index contributed by atoms with van der Waals surface area (Å²) in [5.74, 6) is 0.497. The molecule has 1 unspecified atom stereocenters. The van der Waals surface area contributed by atoms with Gasteiger partial charge in [0, 0.05) is 38.8 Å². The summed E-state index contributed by atoms with van der Waals surface area (Å²) in [6.45, 7) is 4.04. The van der Waals surface area contributed by atoms with Crippen molar-refractivity contribution in [2.24, 2.45) is 9.98 Å². The van der Waals surface area contributed by atoms with E-state index in [9.17, 15) is 9.90 Å². The predicted octanol–water partition coefficient (Wildman–Crippen LogP) is 0.162. The molecule has 3 aliphatic heterocycles. The van der Waals surface area contributed by atoms with Gasteiger partial charge in [-0.15, -0.1) is 0 Å². The lowest BCUT2D eigenvalue weighted by Crippen LogP contribution is -2.42. The summed E-state index contributed by atoms with van der Waals surface area (Å²) >= 11 is 0. The van der Waals surface area contributed by atoms with Gasteiger partial charge in [-0.3, -0.25) is 14.7 Å². The molecule has 0 fully saturated rings. The summed E-state index contributed by atoms with van der Waals surface area (Å²) in [4.78, 5) is 24.9. The number of aliphatic imine (C=N–C) groups is 2. The molecule has 3 aliphatic rings. The molecule has 0 spiro atoms. The van der Waals surface area contributed by atoms with E-state index in [0.717, 1.165) is 38.4 Å². The molecule has 0 aromatic heterocycles. The van der Waals surface area contributed by atoms with Crippen molar-refractivity contribution in [2.75, 3.05) is 32.7 Å². The number of amides is 1. The molecule has 1 amide bonds. The molecule has 0 radical (unpaired) electrons. The largest absolute Gasteiger partial charge is 0.390 e. The number of hydrogen-bond acceptors (Lipinski definition) is 6. The Morgan fingerprint density at radius 2 is 2.12 bits per heavy atom. The van der Waals surface area contributed by atoms with Gasteiger partial charge in [0.1, 0.15) is 11.5 Å². The molecule has 136 valence electrons. The third-order valence-corrected chi connectivity index (χ3v) is 4.92. The summed E-state index contributed by atoms with van der Waals surface area (Å²) < 4.78 is 0. The molecule has 7 heteroatoms. The normalized spacial score (nSPS) is 20.1. The lowest BCUT2D eigenvalue weighted by Gasteiger charge is -2.30. The Morgan fingerprint density at radius 3 is 3.00 bits per heavy atom. The van der Waals surface area contributed by atoms with Gasteiger partial charge in [-0.2, -0.15) is 0 Å². The van der Waals surface area contributed by atoms with Crippen LogP contribution in [-0.2, 0) is 17.8 Å². The van der Waals surface area contributed by atoms with E-state index in [1.54, 1.807) is 12.4 Å². The molecule has 7 nitrogen and oxygen atoms in total. The van der Waals surface area contributed by atoms with Crippen LogP contribution in [0.4, 0.5) is 0 Å². The molecular formula is C19H23N5O2. The number of nitrogens with one attached hydrogen (secondary N) is 1. The van der Waals surface area contributed by atoms with E-state index >= 15 is 0 Å². The molecule has 0 saturated carbocycles. The van der Waals surface area contributed by atoms with Crippen LogP contribution < -0.4 is 5.32 Å². The smallest absolute Gasteiger partial charge is 0.270 e. The van der Waals surface area contributed by atoms with Crippen LogP contribution in [0.5, 0.6) is 0 Å². The van der Waals surface area contributed by atoms with Gasteiger partial charge >= 0.3 is 0 Å². The van der Waals surface area contributed by atoms with Gasteiger partial charge in [0.25, 0.3) is 5.91 Å². The van der Waals surface area contributed by atoms with Crippen molar-refractivity contribution in [3.05, 3.63) is 47.2 Å². The topological polar surface area (TPSA) is 80.5 Å². The Bertz CT molecular complexity index is 786. The Labute approximate surface area is 152 Å². The third-order valence-electron chi connectivity index (χ3n) is 4.92. The number of β-amino-alcohol motifs (C(OH)–C–C–N with tert-alkyl or cyclic N) is 1. The maximum Gasteiger partial charge on any atom is 0.270 e. The summed E-state index contributed by atoms with van der Waals surface area (Å²) in [7, 11) is 0. The first kappa shape index (κ1) is 16.9. The maximum absolute atomic E-state index is 12.3. The Balaban J connectivity index is 1.26. The second kappa shape index (κ2) is 7.39. The molecule has 1 aromatic carbocycles. The number of rotatable bonds is 5. The zero-order valence-corrected chi connectivity index (χ0v) is 14.6. The van der Waals surface area contributed by atoms with Gasteiger partial charge in [-0.25, -0.2) is 4.99 Å². The zero-order chi connectivity index (χ0) is 17.9. The number of benzene rings is 1. The number of carbonyl (C=O) groups excluding carboxylic acids is 1. The van der Waals surface area contributed by atoms with Gasteiger partial charge in [-0.05, 0) is 17.5 Å². The second-order valence-corrected chi connectivity index (χ2v) is 6.83. The minimum atomic E-state index is -0.613. The lowest BCUT2D eigenvalue weighted by atomic mass is 10.00.